The maximum Gasteiger partial charge on any atom is 0.224 e. The van der Waals surface area contributed by atoms with Gasteiger partial charge in [-0.25, -0.2) is 0 Å². The first-order chi connectivity index (χ1) is 12.2. The van der Waals surface area contributed by atoms with Crippen LogP contribution >= 0.6 is 11.6 Å². The molecule has 4 nitrogen and oxygen atoms in total. The SMILES string of the molecule is O=C(Cc1ccc(Cl)cc1)NCc1ccccc1CN1CCOCC1. The topological polar surface area (TPSA) is 41.6 Å². The highest BCUT2D eigenvalue weighted by molar-refractivity contribution is 6.30. The van der Waals surface area contributed by atoms with Crippen LogP contribution in [0.15, 0.2) is 48.5 Å². The molecule has 2 aromatic carbocycles. The summed E-state index contributed by atoms with van der Waals surface area (Å²) in [4.78, 5) is 14.6. The average Bonchev–Trinajstić information content (AvgIpc) is 2.64. The number of carbonyl (C=O) groups excluding carboxylic acids is 1. The number of nitrogens with zero attached hydrogens (tertiary/aromatic N) is 1. The van der Waals surface area contributed by atoms with Gasteiger partial charge in [-0.1, -0.05) is 48.0 Å². The van der Waals surface area contributed by atoms with Crippen molar-refractivity contribution in [1.29, 1.82) is 0 Å². The van der Waals surface area contributed by atoms with Crippen molar-refractivity contribution in [2.75, 3.05) is 26.3 Å². The number of nitrogens with one attached hydrogen (secondary N) is 1. The van der Waals surface area contributed by atoms with Crippen molar-refractivity contribution < 1.29 is 9.53 Å². The molecule has 1 aliphatic heterocycles. The standard InChI is InChI=1S/C20H23ClN2O2/c21-19-7-5-16(6-8-19)13-20(24)22-14-17-3-1-2-4-18(17)15-23-9-11-25-12-10-23/h1-8H,9-15H2,(H,22,24). The summed E-state index contributed by atoms with van der Waals surface area (Å²) < 4.78 is 5.40. The van der Waals surface area contributed by atoms with Gasteiger partial charge in [0.05, 0.1) is 19.6 Å². The first-order valence-corrected chi connectivity index (χ1v) is 8.96. The number of benzene rings is 2. The zero-order valence-electron chi connectivity index (χ0n) is 14.2. The Morgan fingerprint density at radius 2 is 1.72 bits per heavy atom. The first-order valence-electron chi connectivity index (χ1n) is 8.59. The van der Waals surface area contributed by atoms with E-state index < -0.39 is 0 Å². The van der Waals surface area contributed by atoms with Crippen molar-refractivity contribution in [3.05, 3.63) is 70.2 Å². The Morgan fingerprint density at radius 1 is 1.04 bits per heavy atom. The van der Waals surface area contributed by atoms with E-state index >= 15 is 0 Å². The van der Waals surface area contributed by atoms with E-state index in [2.05, 4.69) is 28.4 Å². The Morgan fingerprint density at radius 3 is 2.44 bits per heavy atom. The average molecular weight is 359 g/mol. The van der Waals surface area contributed by atoms with Crippen LogP contribution < -0.4 is 5.32 Å². The predicted octanol–water partition coefficient (Wildman–Crippen LogP) is 3.03. The summed E-state index contributed by atoms with van der Waals surface area (Å²) in [5.74, 6) is 0.0171. The fraction of sp³-hybridized carbons (Fsp3) is 0.350. The van der Waals surface area contributed by atoms with Crippen LogP contribution in [0.5, 0.6) is 0 Å². The van der Waals surface area contributed by atoms with E-state index in [1.807, 2.05) is 30.3 Å². The summed E-state index contributed by atoms with van der Waals surface area (Å²) >= 11 is 5.87. The van der Waals surface area contributed by atoms with Crippen LogP contribution in [-0.4, -0.2) is 37.1 Å². The zero-order valence-corrected chi connectivity index (χ0v) is 15.0. The monoisotopic (exact) mass is 358 g/mol. The molecule has 0 bridgehead atoms. The molecule has 0 atom stereocenters. The van der Waals surface area contributed by atoms with Crippen molar-refractivity contribution in [2.24, 2.45) is 0 Å². The molecule has 1 amide bonds. The lowest BCUT2D eigenvalue weighted by atomic mass is 10.1. The molecule has 3 rings (SSSR count). The quantitative estimate of drug-likeness (QED) is 0.863. The lowest BCUT2D eigenvalue weighted by Gasteiger charge is -2.27. The van der Waals surface area contributed by atoms with Crippen LogP contribution in [0, 0.1) is 0 Å². The molecule has 1 fully saturated rings. The minimum absolute atomic E-state index is 0.0171. The molecule has 132 valence electrons. The van der Waals surface area contributed by atoms with E-state index in [1.54, 1.807) is 0 Å². The summed E-state index contributed by atoms with van der Waals surface area (Å²) in [5.41, 5.74) is 3.39. The fourth-order valence-electron chi connectivity index (χ4n) is 2.93. The van der Waals surface area contributed by atoms with Crippen molar-refractivity contribution in [2.45, 2.75) is 19.5 Å². The van der Waals surface area contributed by atoms with E-state index in [9.17, 15) is 4.79 Å². The predicted molar refractivity (Wildman–Crippen MR) is 99.5 cm³/mol. The van der Waals surface area contributed by atoms with Crippen molar-refractivity contribution >= 4 is 17.5 Å². The maximum atomic E-state index is 12.2. The van der Waals surface area contributed by atoms with Gasteiger partial charge in [-0.2, -0.15) is 0 Å². The summed E-state index contributed by atoms with van der Waals surface area (Å²) in [5, 5.41) is 3.71. The summed E-state index contributed by atoms with van der Waals surface area (Å²) in [7, 11) is 0. The maximum absolute atomic E-state index is 12.2. The highest BCUT2D eigenvalue weighted by Gasteiger charge is 2.13. The number of morpholine rings is 1. The molecule has 1 aliphatic rings. The van der Waals surface area contributed by atoms with Crippen LogP contribution in [0.3, 0.4) is 0 Å². The third-order valence-corrected chi connectivity index (χ3v) is 4.62. The van der Waals surface area contributed by atoms with Gasteiger partial charge in [0.25, 0.3) is 0 Å². The molecule has 1 saturated heterocycles. The second-order valence-corrected chi connectivity index (χ2v) is 6.67. The third-order valence-electron chi connectivity index (χ3n) is 4.37. The largest absolute Gasteiger partial charge is 0.379 e. The number of hydrogen-bond donors (Lipinski definition) is 1. The second-order valence-electron chi connectivity index (χ2n) is 6.24. The van der Waals surface area contributed by atoms with Gasteiger partial charge < -0.3 is 10.1 Å². The number of hydrogen-bond acceptors (Lipinski definition) is 3. The number of carbonyl (C=O) groups is 1. The van der Waals surface area contributed by atoms with E-state index in [1.165, 1.54) is 11.1 Å². The molecule has 0 saturated carbocycles. The van der Waals surface area contributed by atoms with Crippen molar-refractivity contribution in [3.63, 3.8) is 0 Å². The van der Waals surface area contributed by atoms with Gasteiger partial charge in [-0.05, 0) is 28.8 Å². The van der Waals surface area contributed by atoms with E-state index in [0.717, 1.165) is 38.4 Å². The lowest BCUT2D eigenvalue weighted by molar-refractivity contribution is -0.120. The van der Waals surface area contributed by atoms with Gasteiger partial charge in [0, 0.05) is 31.2 Å². The van der Waals surface area contributed by atoms with Crippen molar-refractivity contribution in [1.82, 2.24) is 10.2 Å². The third kappa shape index (κ3) is 5.56. The molecule has 1 heterocycles. The van der Waals surface area contributed by atoms with E-state index in [-0.39, 0.29) is 5.91 Å². The van der Waals surface area contributed by atoms with E-state index in [0.29, 0.717) is 18.0 Å². The number of rotatable bonds is 6. The smallest absolute Gasteiger partial charge is 0.224 e. The number of amides is 1. The number of ether oxygens (including phenoxy) is 1. The molecule has 1 N–H and O–H groups in total. The molecule has 0 spiro atoms. The molecular formula is C20H23ClN2O2. The Bertz CT molecular complexity index is 697. The highest BCUT2D eigenvalue weighted by atomic mass is 35.5. The molecule has 25 heavy (non-hydrogen) atoms. The lowest BCUT2D eigenvalue weighted by Crippen LogP contribution is -2.36. The normalized spacial score (nSPS) is 15.1. The molecule has 0 radical (unpaired) electrons. The Kier molecular flexibility index (Phi) is 6.45. The minimum Gasteiger partial charge on any atom is -0.379 e. The molecule has 0 aliphatic carbocycles. The second kappa shape index (κ2) is 8.99. The van der Waals surface area contributed by atoms with Gasteiger partial charge in [0.1, 0.15) is 0 Å². The Balaban J connectivity index is 1.55. The number of halogens is 1. The van der Waals surface area contributed by atoms with Crippen LogP contribution in [0.4, 0.5) is 0 Å². The van der Waals surface area contributed by atoms with Crippen molar-refractivity contribution in [3.8, 4) is 0 Å². The van der Waals surface area contributed by atoms with Gasteiger partial charge >= 0.3 is 0 Å². The van der Waals surface area contributed by atoms with Crippen LogP contribution in [0.2, 0.25) is 5.02 Å². The van der Waals surface area contributed by atoms with Gasteiger partial charge in [-0.15, -0.1) is 0 Å². The molecule has 2 aromatic rings. The van der Waals surface area contributed by atoms with Crippen LogP contribution in [0.1, 0.15) is 16.7 Å². The van der Waals surface area contributed by atoms with Gasteiger partial charge in [0.15, 0.2) is 0 Å². The Hall–Kier alpha value is -1.88. The summed E-state index contributed by atoms with van der Waals surface area (Å²) in [6, 6.07) is 15.7. The van der Waals surface area contributed by atoms with Crippen LogP contribution in [0.25, 0.3) is 0 Å². The molecule has 5 heteroatoms. The highest BCUT2D eigenvalue weighted by Crippen LogP contribution is 2.13. The molecular weight excluding hydrogens is 336 g/mol. The summed E-state index contributed by atoms with van der Waals surface area (Å²) in [6.07, 6.45) is 0.364. The van der Waals surface area contributed by atoms with Gasteiger partial charge in [0.2, 0.25) is 5.91 Å². The molecule has 0 aromatic heterocycles. The molecule has 0 unspecified atom stereocenters. The van der Waals surface area contributed by atoms with Gasteiger partial charge in [-0.3, -0.25) is 9.69 Å². The minimum atomic E-state index is 0.0171. The Labute approximate surface area is 153 Å². The first kappa shape index (κ1) is 17.9. The van der Waals surface area contributed by atoms with E-state index in [4.69, 9.17) is 16.3 Å². The van der Waals surface area contributed by atoms with Crippen LogP contribution in [-0.2, 0) is 29.0 Å². The summed E-state index contributed by atoms with van der Waals surface area (Å²) in [6.45, 7) is 4.94. The zero-order chi connectivity index (χ0) is 17.5. The fourth-order valence-corrected chi connectivity index (χ4v) is 3.05.